The molecular formula is C14H17ClF3NO. The van der Waals surface area contributed by atoms with Crippen LogP contribution in [-0.2, 0) is 0 Å². The smallest absolute Gasteiger partial charge is 0.391 e. The Morgan fingerprint density at radius 3 is 2.45 bits per heavy atom. The van der Waals surface area contributed by atoms with Gasteiger partial charge in [0.05, 0.1) is 5.92 Å². The molecule has 0 saturated carbocycles. The number of likely N-dealkylation sites (tertiary alicyclic amines) is 1. The summed E-state index contributed by atoms with van der Waals surface area (Å²) >= 11 is 5.90. The number of aromatic hydroxyl groups is 1. The topological polar surface area (TPSA) is 23.5 Å². The third-order valence-electron chi connectivity index (χ3n) is 3.98. The van der Waals surface area contributed by atoms with Gasteiger partial charge in [-0.3, -0.25) is 4.90 Å². The highest BCUT2D eigenvalue weighted by molar-refractivity contribution is 6.30. The van der Waals surface area contributed by atoms with Crippen molar-refractivity contribution in [3.8, 4) is 5.75 Å². The fourth-order valence-electron chi connectivity index (χ4n) is 2.67. The molecule has 6 heteroatoms. The van der Waals surface area contributed by atoms with E-state index in [1.54, 1.807) is 12.1 Å². The van der Waals surface area contributed by atoms with Crippen molar-refractivity contribution in [2.45, 2.75) is 32.0 Å². The summed E-state index contributed by atoms with van der Waals surface area (Å²) in [4.78, 5) is 1.95. The fourth-order valence-corrected chi connectivity index (χ4v) is 2.85. The molecule has 1 N–H and O–H groups in total. The summed E-state index contributed by atoms with van der Waals surface area (Å²) in [6.45, 7) is 2.62. The van der Waals surface area contributed by atoms with Crippen molar-refractivity contribution in [1.82, 2.24) is 4.90 Å². The minimum Gasteiger partial charge on any atom is -0.508 e. The van der Waals surface area contributed by atoms with E-state index < -0.39 is 12.1 Å². The molecule has 1 unspecified atom stereocenters. The molecule has 1 atom stereocenters. The van der Waals surface area contributed by atoms with E-state index in [0.29, 0.717) is 23.7 Å². The molecule has 0 spiro atoms. The zero-order valence-corrected chi connectivity index (χ0v) is 11.9. The van der Waals surface area contributed by atoms with Gasteiger partial charge in [0.2, 0.25) is 0 Å². The number of halogens is 4. The van der Waals surface area contributed by atoms with Crippen molar-refractivity contribution in [3.05, 3.63) is 28.8 Å². The SMILES string of the molecule is CC(c1cc(Cl)ccc1O)N1CCC(C(F)(F)F)CC1. The number of phenolic OH excluding ortho intramolecular Hbond substituents is 1. The van der Waals surface area contributed by atoms with Gasteiger partial charge >= 0.3 is 6.18 Å². The van der Waals surface area contributed by atoms with Gasteiger partial charge in [0.1, 0.15) is 5.75 Å². The lowest BCUT2D eigenvalue weighted by molar-refractivity contribution is -0.186. The van der Waals surface area contributed by atoms with Crippen LogP contribution >= 0.6 is 11.6 Å². The number of hydrogen-bond donors (Lipinski definition) is 1. The molecule has 1 fully saturated rings. The molecule has 0 amide bonds. The maximum absolute atomic E-state index is 12.6. The molecule has 1 aliphatic heterocycles. The maximum Gasteiger partial charge on any atom is 0.391 e. The number of rotatable bonds is 2. The number of nitrogens with zero attached hydrogens (tertiary/aromatic N) is 1. The maximum atomic E-state index is 12.6. The van der Waals surface area contributed by atoms with Crippen LogP contribution in [0.3, 0.4) is 0 Å². The average molecular weight is 308 g/mol. The highest BCUT2D eigenvalue weighted by Gasteiger charge is 2.41. The average Bonchev–Trinajstić information content (AvgIpc) is 2.40. The summed E-state index contributed by atoms with van der Waals surface area (Å²) in [7, 11) is 0. The Labute approximate surface area is 121 Å². The summed E-state index contributed by atoms with van der Waals surface area (Å²) in [6, 6.07) is 4.61. The van der Waals surface area contributed by atoms with Crippen LogP contribution in [0.15, 0.2) is 18.2 Å². The summed E-state index contributed by atoms with van der Waals surface area (Å²) in [5.41, 5.74) is 0.656. The summed E-state index contributed by atoms with van der Waals surface area (Å²) in [5, 5.41) is 10.4. The number of phenols is 1. The number of alkyl halides is 3. The van der Waals surface area contributed by atoms with Crippen molar-refractivity contribution in [2.24, 2.45) is 5.92 Å². The van der Waals surface area contributed by atoms with E-state index in [1.807, 2.05) is 11.8 Å². The van der Waals surface area contributed by atoms with Crippen molar-refractivity contribution in [3.63, 3.8) is 0 Å². The highest BCUT2D eigenvalue weighted by atomic mass is 35.5. The first kappa shape index (κ1) is 15.4. The molecule has 0 radical (unpaired) electrons. The fraction of sp³-hybridized carbons (Fsp3) is 0.571. The highest BCUT2D eigenvalue weighted by Crippen LogP contribution is 2.38. The Morgan fingerprint density at radius 1 is 1.30 bits per heavy atom. The summed E-state index contributed by atoms with van der Waals surface area (Å²) < 4.78 is 37.9. The van der Waals surface area contributed by atoms with Crippen LogP contribution in [0, 0.1) is 5.92 Å². The normalized spacial score (nSPS) is 20.1. The number of piperidine rings is 1. The number of hydrogen-bond acceptors (Lipinski definition) is 2. The molecule has 0 aromatic heterocycles. The van der Waals surface area contributed by atoms with E-state index in [9.17, 15) is 18.3 Å². The van der Waals surface area contributed by atoms with Gasteiger partial charge < -0.3 is 5.11 Å². The second kappa shape index (κ2) is 5.82. The third-order valence-corrected chi connectivity index (χ3v) is 4.21. The lowest BCUT2D eigenvalue weighted by Crippen LogP contribution is -2.40. The molecule has 1 aromatic rings. The van der Waals surface area contributed by atoms with E-state index >= 15 is 0 Å². The minimum absolute atomic E-state index is 0.106. The van der Waals surface area contributed by atoms with Crippen LogP contribution in [0.2, 0.25) is 5.02 Å². The van der Waals surface area contributed by atoms with Crippen molar-refractivity contribution >= 4 is 11.6 Å². The van der Waals surface area contributed by atoms with E-state index in [4.69, 9.17) is 11.6 Å². The van der Waals surface area contributed by atoms with Crippen LogP contribution in [-0.4, -0.2) is 29.3 Å². The Hall–Kier alpha value is -0.940. The van der Waals surface area contributed by atoms with Crippen LogP contribution in [0.4, 0.5) is 13.2 Å². The van der Waals surface area contributed by atoms with Crippen LogP contribution in [0.25, 0.3) is 0 Å². The molecule has 0 aliphatic carbocycles. The Morgan fingerprint density at radius 2 is 1.90 bits per heavy atom. The standard InChI is InChI=1S/C14H17ClF3NO/c1-9(12-8-11(15)2-3-13(12)20)19-6-4-10(5-7-19)14(16,17)18/h2-3,8-10,20H,4-7H2,1H3. The molecule has 0 bridgehead atoms. The van der Waals surface area contributed by atoms with E-state index in [1.165, 1.54) is 6.07 Å². The lowest BCUT2D eigenvalue weighted by atomic mass is 9.94. The largest absolute Gasteiger partial charge is 0.508 e. The Balaban J connectivity index is 2.05. The Bertz CT molecular complexity index is 470. The molecule has 112 valence electrons. The molecule has 1 heterocycles. The quantitative estimate of drug-likeness (QED) is 0.876. The van der Waals surface area contributed by atoms with Gasteiger partial charge in [0, 0.05) is 16.6 Å². The zero-order chi connectivity index (χ0) is 14.9. The molecule has 2 nitrogen and oxygen atoms in total. The van der Waals surface area contributed by atoms with Gasteiger partial charge in [-0.25, -0.2) is 0 Å². The third kappa shape index (κ3) is 3.38. The predicted molar refractivity (Wildman–Crippen MR) is 71.9 cm³/mol. The zero-order valence-electron chi connectivity index (χ0n) is 11.1. The van der Waals surface area contributed by atoms with Gasteiger partial charge in [-0.1, -0.05) is 11.6 Å². The first-order valence-electron chi connectivity index (χ1n) is 6.58. The van der Waals surface area contributed by atoms with Crippen molar-refractivity contribution < 1.29 is 18.3 Å². The molecule has 1 aliphatic rings. The first-order chi connectivity index (χ1) is 9.29. The predicted octanol–water partition coefficient (Wildman–Crippen LogP) is 4.38. The molecular weight excluding hydrogens is 291 g/mol. The van der Waals surface area contributed by atoms with Gasteiger partial charge in [-0.15, -0.1) is 0 Å². The van der Waals surface area contributed by atoms with E-state index in [-0.39, 0.29) is 24.6 Å². The first-order valence-corrected chi connectivity index (χ1v) is 6.96. The van der Waals surface area contributed by atoms with E-state index in [0.717, 1.165) is 0 Å². The molecule has 2 rings (SSSR count). The van der Waals surface area contributed by atoms with Crippen molar-refractivity contribution in [1.29, 1.82) is 0 Å². The monoisotopic (exact) mass is 307 g/mol. The van der Waals surface area contributed by atoms with Crippen LogP contribution < -0.4 is 0 Å². The summed E-state index contributed by atoms with van der Waals surface area (Å²) in [6.07, 6.45) is -3.89. The van der Waals surface area contributed by atoms with E-state index in [2.05, 4.69) is 0 Å². The summed E-state index contributed by atoms with van der Waals surface area (Å²) in [5.74, 6) is -1.08. The van der Waals surface area contributed by atoms with Crippen molar-refractivity contribution in [2.75, 3.05) is 13.1 Å². The second-order valence-corrected chi connectivity index (χ2v) is 5.67. The lowest BCUT2D eigenvalue weighted by Gasteiger charge is -2.37. The van der Waals surface area contributed by atoms with Gasteiger partial charge in [0.25, 0.3) is 0 Å². The molecule has 1 saturated heterocycles. The second-order valence-electron chi connectivity index (χ2n) is 5.23. The van der Waals surface area contributed by atoms with Crippen LogP contribution in [0.5, 0.6) is 5.75 Å². The van der Waals surface area contributed by atoms with Gasteiger partial charge in [-0.2, -0.15) is 13.2 Å². The number of benzene rings is 1. The molecule has 20 heavy (non-hydrogen) atoms. The Kier molecular flexibility index (Phi) is 4.49. The van der Waals surface area contributed by atoms with Crippen LogP contribution in [0.1, 0.15) is 31.4 Å². The molecule has 1 aromatic carbocycles. The van der Waals surface area contributed by atoms with Gasteiger partial charge in [0.15, 0.2) is 0 Å². The van der Waals surface area contributed by atoms with Gasteiger partial charge in [-0.05, 0) is 51.1 Å². The minimum atomic E-state index is -4.10.